The fourth-order valence-corrected chi connectivity index (χ4v) is 8.62. The molecule has 1 N–H and O–H groups in total. The smallest absolute Gasteiger partial charge is 0.311 e. The third-order valence-electron chi connectivity index (χ3n) is 11.0. The highest BCUT2D eigenvalue weighted by molar-refractivity contribution is 5.74. The number of hydrogen-bond acceptors (Lipinski definition) is 6. The fraction of sp³-hybridized carbons (Fsp3) is 0.867. The van der Waals surface area contributed by atoms with Crippen LogP contribution in [0, 0.1) is 53.3 Å². The molecule has 2 saturated carbocycles. The van der Waals surface area contributed by atoms with Crippen molar-refractivity contribution in [3.63, 3.8) is 0 Å². The van der Waals surface area contributed by atoms with E-state index in [1.165, 1.54) is 24.8 Å². The standard InChI is InChI=1S/C15H22O5.C15H24O2/c1-8-4-5-11-9(2)12(16)17-13-15(11)10(8)6-7-14(3,18-13)19-20-15;1-9-4-6-12-10(2)5-7-13(14(12)8-9)11(3)15(16)17/h8-11,13H,4-7H2,1-3H3;8,10-14H,4-7H2,1-3H3,(H,16,17)/t8-,9-,10+,11+,13-,14-,15-;10-,11-,12+,13+,14+/m11/s1. The minimum Gasteiger partial charge on any atom is -0.481 e. The Kier molecular flexibility index (Phi) is 7.29. The predicted octanol–water partition coefficient (Wildman–Crippen LogP) is 6.12. The van der Waals surface area contributed by atoms with E-state index < -0.39 is 23.6 Å². The number of carbonyl (C=O) groups is 2. The number of aliphatic carboxylic acids is 1. The van der Waals surface area contributed by atoms with Crippen molar-refractivity contribution < 1.29 is 33.9 Å². The second kappa shape index (κ2) is 9.95. The molecule has 0 unspecified atom stereocenters. The van der Waals surface area contributed by atoms with Gasteiger partial charge >= 0.3 is 11.9 Å². The molecule has 0 aromatic rings. The summed E-state index contributed by atoms with van der Waals surface area (Å²) in [5.74, 6) is 1.39. The van der Waals surface area contributed by atoms with Gasteiger partial charge in [0.05, 0.1) is 11.8 Å². The molecule has 208 valence electrons. The number of carbonyl (C=O) groups excluding carboxylic acids is 1. The quantitative estimate of drug-likeness (QED) is 0.267. The van der Waals surface area contributed by atoms with Gasteiger partial charge in [0.1, 0.15) is 0 Å². The maximum Gasteiger partial charge on any atom is 0.311 e. The molecule has 1 spiro atoms. The van der Waals surface area contributed by atoms with Crippen LogP contribution in [0.2, 0.25) is 0 Å². The van der Waals surface area contributed by atoms with Crippen molar-refractivity contribution in [1.29, 1.82) is 0 Å². The molecule has 4 saturated heterocycles. The normalized spacial score (nSPS) is 49.2. The Morgan fingerprint density at radius 2 is 1.76 bits per heavy atom. The Morgan fingerprint density at radius 1 is 1.03 bits per heavy atom. The van der Waals surface area contributed by atoms with Gasteiger partial charge in [-0.1, -0.05) is 45.8 Å². The minimum absolute atomic E-state index is 0.123. The van der Waals surface area contributed by atoms with Crippen LogP contribution in [0.4, 0.5) is 0 Å². The van der Waals surface area contributed by atoms with Gasteiger partial charge in [-0.15, -0.1) is 0 Å². The predicted molar refractivity (Wildman–Crippen MR) is 137 cm³/mol. The largest absolute Gasteiger partial charge is 0.481 e. The van der Waals surface area contributed by atoms with Crippen LogP contribution in [0.1, 0.15) is 92.9 Å². The van der Waals surface area contributed by atoms with Crippen LogP contribution in [-0.4, -0.2) is 34.7 Å². The number of fused-ring (bicyclic) bond motifs is 3. The number of rotatable bonds is 2. The maximum atomic E-state index is 12.1. The molecule has 12 atom stereocenters. The zero-order chi connectivity index (χ0) is 26.7. The van der Waals surface area contributed by atoms with Gasteiger partial charge in [-0.2, -0.15) is 0 Å². The second-order valence-corrected chi connectivity index (χ2v) is 13.3. The molecule has 0 aromatic heterocycles. The lowest BCUT2D eigenvalue weighted by Gasteiger charge is -2.57. The Balaban J connectivity index is 0.000000154. The van der Waals surface area contributed by atoms with Crippen LogP contribution in [0.3, 0.4) is 0 Å². The van der Waals surface area contributed by atoms with E-state index in [9.17, 15) is 14.7 Å². The van der Waals surface area contributed by atoms with E-state index in [-0.39, 0.29) is 23.7 Å². The van der Waals surface area contributed by atoms with Crippen molar-refractivity contribution in [2.45, 2.75) is 111 Å². The van der Waals surface area contributed by atoms with Gasteiger partial charge in [0, 0.05) is 18.3 Å². The second-order valence-electron chi connectivity index (χ2n) is 13.3. The summed E-state index contributed by atoms with van der Waals surface area (Å²) >= 11 is 0. The van der Waals surface area contributed by atoms with E-state index in [4.69, 9.17) is 19.2 Å². The zero-order valence-electron chi connectivity index (χ0n) is 23.4. The highest BCUT2D eigenvalue weighted by atomic mass is 17.3. The SMILES string of the molecule is CC1=C[C@H]2[C@@H](CC1)[C@H](C)CC[C@H]2[C@@H](C)C(=O)O.C[C@@H]1CC[C@H]2[C@@H](C)C(=O)O[C@@H]3O[C@@]4(C)CC[C@@H]1[C@]32OO4. The van der Waals surface area contributed by atoms with Gasteiger partial charge in [-0.05, 0) is 82.0 Å². The first kappa shape index (κ1) is 27.1. The lowest BCUT2D eigenvalue weighted by Crippen LogP contribution is -2.69. The molecule has 7 rings (SSSR count). The van der Waals surface area contributed by atoms with E-state index in [0.717, 1.165) is 43.9 Å². The van der Waals surface area contributed by atoms with Gasteiger partial charge in [-0.25, -0.2) is 9.78 Å². The van der Waals surface area contributed by atoms with Crippen LogP contribution in [0.15, 0.2) is 11.6 Å². The zero-order valence-corrected chi connectivity index (χ0v) is 23.4. The highest BCUT2D eigenvalue weighted by Gasteiger charge is 2.70. The molecule has 3 aliphatic carbocycles. The van der Waals surface area contributed by atoms with E-state index in [1.54, 1.807) is 0 Å². The molecule has 7 nitrogen and oxygen atoms in total. The van der Waals surface area contributed by atoms with Gasteiger partial charge in [0.25, 0.3) is 0 Å². The molecule has 0 aromatic carbocycles. The number of hydrogen-bond donors (Lipinski definition) is 1. The molecule has 37 heavy (non-hydrogen) atoms. The van der Waals surface area contributed by atoms with Crippen molar-refractivity contribution in [1.82, 2.24) is 0 Å². The Hall–Kier alpha value is -1.44. The fourth-order valence-electron chi connectivity index (χ4n) is 8.62. The average molecular weight is 519 g/mol. The first-order valence-electron chi connectivity index (χ1n) is 14.6. The summed E-state index contributed by atoms with van der Waals surface area (Å²) in [7, 11) is 0. The Morgan fingerprint density at radius 3 is 2.49 bits per heavy atom. The molecular weight excluding hydrogens is 472 g/mol. The van der Waals surface area contributed by atoms with Crippen molar-refractivity contribution in [2.24, 2.45) is 53.3 Å². The summed E-state index contributed by atoms with van der Waals surface area (Å²) in [4.78, 5) is 34.9. The molecule has 4 aliphatic heterocycles. The summed E-state index contributed by atoms with van der Waals surface area (Å²) in [6, 6.07) is 0. The first-order chi connectivity index (χ1) is 17.5. The molecule has 0 radical (unpaired) electrons. The van der Waals surface area contributed by atoms with Crippen LogP contribution < -0.4 is 0 Å². The Labute approximate surface area is 221 Å². The average Bonchev–Trinajstić information content (AvgIpc) is 3.08. The van der Waals surface area contributed by atoms with Crippen LogP contribution >= 0.6 is 0 Å². The van der Waals surface area contributed by atoms with Gasteiger partial charge in [0.15, 0.2) is 5.60 Å². The van der Waals surface area contributed by atoms with E-state index >= 15 is 0 Å². The van der Waals surface area contributed by atoms with Gasteiger partial charge in [0.2, 0.25) is 12.1 Å². The van der Waals surface area contributed by atoms with E-state index in [0.29, 0.717) is 23.7 Å². The Bertz CT molecular complexity index is 931. The molecule has 7 heteroatoms. The monoisotopic (exact) mass is 518 g/mol. The van der Waals surface area contributed by atoms with Crippen molar-refractivity contribution in [3.8, 4) is 0 Å². The van der Waals surface area contributed by atoms with Gasteiger partial charge in [-0.3, -0.25) is 9.59 Å². The van der Waals surface area contributed by atoms with Crippen molar-refractivity contribution >= 4 is 11.9 Å². The van der Waals surface area contributed by atoms with Crippen molar-refractivity contribution in [3.05, 3.63) is 11.6 Å². The summed E-state index contributed by atoms with van der Waals surface area (Å²) in [5.41, 5.74) is 0.851. The topological polar surface area (TPSA) is 91.3 Å². The highest BCUT2D eigenvalue weighted by Crippen LogP contribution is 2.59. The number of carboxylic acids is 1. The van der Waals surface area contributed by atoms with Crippen LogP contribution in [0.5, 0.6) is 0 Å². The van der Waals surface area contributed by atoms with Gasteiger partial charge < -0.3 is 14.6 Å². The first-order valence-corrected chi connectivity index (χ1v) is 14.6. The number of esters is 1. The van der Waals surface area contributed by atoms with Crippen molar-refractivity contribution in [2.75, 3.05) is 0 Å². The lowest BCUT2D eigenvalue weighted by atomic mass is 9.58. The molecule has 7 aliphatic rings. The lowest BCUT2D eigenvalue weighted by molar-refractivity contribution is -0.559. The molecule has 4 heterocycles. The number of ether oxygens (including phenoxy) is 2. The summed E-state index contributed by atoms with van der Waals surface area (Å²) in [5, 5.41) is 9.24. The molecule has 2 bridgehead atoms. The molecule has 6 fully saturated rings. The van der Waals surface area contributed by atoms with E-state index in [2.05, 4.69) is 26.8 Å². The van der Waals surface area contributed by atoms with E-state index in [1.807, 2.05) is 20.8 Å². The van der Waals surface area contributed by atoms with Crippen LogP contribution in [0.25, 0.3) is 0 Å². The minimum atomic E-state index is -0.793. The summed E-state index contributed by atoms with van der Waals surface area (Å²) < 4.78 is 11.6. The third kappa shape index (κ3) is 4.57. The molecular formula is C30H46O7. The maximum absolute atomic E-state index is 12.1. The molecule has 0 amide bonds. The third-order valence-corrected chi connectivity index (χ3v) is 11.0. The number of carboxylic acid groups (broad SMARTS) is 1. The van der Waals surface area contributed by atoms with Crippen LogP contribution in [-0.2, 0) is 28.8 Å². The number of allylic oxidation sites excluding steroid dienone is 2. The summed E-state index contributed by atoms with van der Waals surface area (Å²) in [6.45, 7) is 12.5. The summed E-state index contributed by atoms with van der Waals surface area (Å²) in [6.07, 6.45) is 10.4.